The summed E-state index contributed by atoms with van der Waals surface area (Å²) in [5.74, 6) is -0.703. The van der Waals surface area contributed by atoms with Crippen LogP contribution in [0.4, 0.5) is 9.59 Å². The van der Waals surface area contributed by atoms with Gasteiger partial charge in [0.2, 0.25) is 5.91 Å². The molecule has 0 heterocycles. The topological polar surface area (TPSA) is 141 Å². The Morgan fingerprint density at radius 2 is 1.21 bits per heavy atom. The number of ether oxygens (including phenoxy) is 4. The molecule has 276 valence electrons. The van der Waals surface area contributed by atoms with Gasteiger partial charge < -0.3 is 34.9 Å². The highest BCUT2D eigenvalue weighted by Crippen LogP contribution is 2.13. The molecule has 0 unspecified atom stereocenters. The maximum absolute atomic E-state index is 13.1. The van der Waals surface area contributed by atoms with Crippen molar-refractivity contribution in [1.82, 2.24) is 16.0 Å². The molecule has 47 heavy (non-hydrogen) atoms. The smallest absolute Gasteiger partial charge is 0.408 e. The highest BCUT2D eigenvalue weighted by atomic mass is 32.2. The first-order valence-electron chi connectivity index (χ1n) is 17.7. The molecule has 0 aliphatic carbocycles. The number of rotatable bonds is 26. The van der Waals surface area contributed by atoms with Crippen molar-refractivity contribution in [1.29, 1.82) is 0 Å². The summed E-state index contributed by atoms with van der Waals surface area (Å²) in [5.41, 5.74) is -1.30. The molecule has 0 saturated heterocycles. The Kier molecular flexibility index (Phi) is 25.5. The van der Waals surface area contributed by atoms with Gasteiger partial charge in [-0.05, 0) is 48.0 Å². The quantitative estimate of drug-likeness (QED) is 0.0485. The molecule has 0 fully saturated rings. The van der Waals surface area contributed by atoms with Gasteiger partial charge in [0.05, 0.1) is 19.3 Å². The number of carbonyl (C=O) groups is 4. The minimum atomic E-state index is -1.06. The fraction of sp³-hybridized carbons (Fsp3) is 0.886. The highest BCUT2D eigenvalue weighted by Gasteiger charge is 2.30. The fourth-order valence-corrected chi connectivity index (χ4v) is 5.34. The summed E-state index contributed by atoms with van der Waals surface area (Å²) in [4.78, 5) is 50.0. The molecule has 0 aliphatic rings. The average molecular weight is 690 g/mol. The van der Waals surface area contributed by atoms with Crippen LogP contribution in [0.25, 0.3) is 0 Å². The predicted molar refractivity (Wildman–Crippen MR) is 190 cm³/mol. The van der Waals surface area contributed by atoms with Crippen molar-refractivity contribution in [3.63, 3.8) is 0 Å². The number of methoxy groups -OCH3 is 1. The van der Waals surface area contributed by atoms with Crippen LogP contribution in [0.15, 0.2) is 0 Å². The summed E-state index contributed by atoms with van der Waals surface area (Å²) in [7, 11) is 1.22. The van der Waals surface area contributed by atoms with Gasteiger partial charge in [-0.25, -0.2) is 14.4 Å². The monoisotopic (exact) mass is 689 g/mol. The van der Waals surface area contributed by atoms with E-state index in [4.69, 9.17) is 18.9 Å². The normalized spacial score (nSPS) is 12.9. The lowest BCUT2D eigenvalue weighted by molar-refractivity contribution is -0.148. The maximum atomic E-state index is 13.1. The second-order valence-electron chi connectivity index (χ2n) is 13.9. The number of nitrogens with one attached hydrogen (secondary N) is 3. The van der Waals surface area contributed by atoms with Crippen LogP contribution >= 0.6 is 11.8 Å². The first-order valence-corrected chi connectivity index (χ1v) is 18.8. The molecule has 0 aliphatic heterocycles. The molecular formula is C35H67N3O8S. The Balaban J connectivity index is 4.36. The van der Waals surface area contributed by atoms with E-state index in [1.54, 1.807) is 20.8 Å². The Morgan fingerprint density at radius 1 is 0.681 bits per heavy atom. The Bertz CT molecular complexity index is 861. The first kappa shape index (κ1) is 44.8. The lowest BCUT2D eigenvalue weighted by atomic mass is 10.0. The van der Waals surface area contributed by atoms with E-state index in [0.29, 0.717) is 12.3 Å². The molecule has 0 spiro atoms. The number of amides is 3. The number of thioether (sulfide) groups is 1. The van der Waals surface area contributed by atoms with Gasteiger partial charge in [-0.1, -0.05) is 90.4 Å². The third-order valence-corrected chi connectivity index (χ3v) is 8.06. The minimum Gasteiger partial charge on any atom is -0.467 e. The van der Waals surface area contributed by atoms with E-state index < -0.39 is 47.3 Å². The van der Waals surface area contributed by atoms with Crippen molar-refractivity contribution in [2.75, 3.05) is 38.4 Å². The summed E-state index contributed by atoms with van der Waals surface area (Å²) in [6.45, 7) is 13.5. The van der Waals surface area contributed by atoms with Crippen LogP contribution in [0.3, 0.4) is 0 Å². The first-order chi connectivity index (χ1) is 22.2. The predicted octanol–water partition coefficient (Wildman–Crippen LogP) is 7.29. The summed E-state index contributed by atoms with van der Waals surface area (Å²) in [5, 5.41) is 7.97. The van der Waals surface area contributed by atoms with Crippen molar-refractivity contribution in [3.8, 4) is 0 Å². The van der Waals surface area contributed by atoms with E-state index in [1.807, 2.05) is 20.8 Å². The number of hydrogen-bond acceptors (Lipinski definition) is 9. The van der Waals surface area contributed by atoms with Crippen LogP contribution in [0, 0.1) is 0 Å². The molecule has 0 aromatic heterocycles. The molecule has 0 aromatic carbocycles. The molecule has 3 N–H and O–H groups in total. The summed E-state index contributed by atoms with van der Waals surface area (Å²) >= 11 is 1.32. The molecule has 2 atom stereocenters. The van der Waals surface area contributed by atoms with E-state index in [0.717, 1.165) is 12.8 Å². The van der Waals surface area contributed by atoms with Gasteiger partial charge in [-0.15, -0.1) is 0 Å². The molecule has 0 rings (SSSR count). The Morgan fingerprint density at radius 3 is 1.70 bits per heavy atom. The van der Waals surface area contributed by atoms with Gasteiger partial charge in [0.15, 0.2) is 6.04 Å². The molecular weight excluding hydrogens is 622 g/mol. The van der Waals surface area contributed by atoms with Gasteiger partial charge in [0.25, 0.3) is 0 Å². The van der Waals surface area contributed by atoms with Crippen LogP contribution < -0.4 is 16.0 Å². The van der Waals surface area contributed by atoms with E-state index in [9.17, 15) is 19.2 Å². The lowest BCUT2D eigenvalue weighted by Gasteiger charge is -2.26. The zero-order valence-electron chi connectivity index (χ0n) is 30.8. The molecule has 0 bridgehead atoms. The molecule has 0 radical (unpaired) electrons. The maximum Gasteiger partial charge on any atom is 0.408 e. The summed E-state index contributed by atoms with van der Waals surface area (Å²) in [6, 6.07) is -2.09. The third-order valence-electron chi connectivity index (χ3n) is 7.04. The van der Waals surface area contributed by atoms with Gasteiger partial charge in [0.1, 0.15) is 18.2 Å². The fourth-order valence-electron chi connectivity index (χ4n) is 4.50. The van der Waals surface area contributed by atoms with E-state index in [-0.39, 0.29) is 19.0 Å². The van der Waals surface area contributed by atoms with Gasteiger partial charge in [-0.3, -0.25) is 4.79 Å². The second kappa shape index (κ2) is 26.7. The van der Waals surface area contributed by atoms with Crippen LogP contribution in [0.1, 0.15) is 138 Å². The summed E-state index contributed by atoms with van der Waals surface area (Å²) < 4.78 is 21.1. The van der Waals surface area contributed by atoms with Gasteiger partial charge in [0, 0.05) is 18.1 Å². The van der Waals surface area contributed by atoms with E-state index in [2.05, 4.69) is 22.9 Å². The van der Waals surface area contributed by atoms with Crippen LogP contribution in [0.5, 0.6) is 0 Å². The van der Waals surface area contributed by atoms with Crippen molar-refractivity contribution in [2.24, 2.45) is 0 Å². The third kappa shape index (κ3) is 28.5. The number of unbranched alkanes of at least 4 members (excludes halogenated alkanes) is 13. The standard InChI is InChI=1S/C35H67N3O8S/c1-9-10-11-12-13-14-15-16-17-18-19-20-21-22-23-36-32(41)44-24-25-47-27-29(38-33(42)46-35(5,6)7)30(39)37-28(31(40)43-8)26-45-34(2,3)4/h28-29H,9-27H2,1-8H3,(H,36,41)(H,37,39)(H,38,42)/t28-,29-/m0/s1. The Labute approximate surface area is 289 Å². The molecule has 11 nitrogen and oxygen atoms in total. The molecule has 0 saturated carbocycles. The van der Waals surface area contributed by atoms with E-state index in [1.165, 1.54) is 95.9 Å². The zero-order valence-corrected chi connectivity index (χ0v) is 31.6. The molecule has 0 aromatic rings. The average Bonchev–Trinajstić information content (AvgIpc) is 2.98. The Hall–Kier alpha value is -2.21. The number of hydrogen-bond donors (Lipinski definition) is 3. The number of alkyl carbamates (subject to hydrolysis) is 2. The number of esters is 1. The lowest BCUT2D eigenvalue weighted by Crippen LogP contribution is -2.55. The second-order valence-corrected chi connectivity index (χ2v) is 15.1. The largest absolute Gasteiger partial charge is 0.467 e. The van der Waals surface area contributed by atoms with Crippen LogP contribution in [-0.4, -0.2) is 85.7 Å². The SMILES string of the molecule is CCCCCCCCCCCCCCCCNC(=O)OCCSC[C@H](NC(=O)OC(C)(C)C)C(=O)N[C@@H](COC(C)(C)C)C(=O)OC. The van der Waals surface area contributed by atoms with Gasteiger partial charge in [-0.2, -0.15) is 11.8 Å². The zero-order chi connectivity index (χ0) is 35.6. The highest BCUT2D eigenvalue weighted by molar-refractivity contribution is 7.99. The van der Waals surface area contributed by atoms with Crippen molar-refractivity contribution in [2.45, 2.75) is 162 Å². The molecule has 12 heteroatoms. The van der Waals surface area contributed by atoms with Crippen molar-refractivity contribution < 1.29 is 38.1 Å². The number of carbonyl (C=O) groups excluding carboxylic acids is 4. The van der Waals surface area contributed by atoms with E-state index >= 15 is 0 Å². The molecule has 3 amide bonds. The van der Waals surface area contributed by atoms with Crippen molar-refractivity contribution in [3.05, 3.63) is 0 Å². The van der Waals surface area contributed by atoms with Crippen LogP contribution in [0.2, 0.25) is 0 Å². The summed E-state index contributed by atoms with van der Waals surface area (Å²) in [6.07, 6.45) is 16.7. The van der Waals surface area contributed by atoms with Gasteiger partial charge >= 0.3 is 18.2 Å². The van der Waals surface area contributed by atoms with Crippen LogP contribution in [-0.2, 0) is 28.5 Å². The minimum absolute atomic E-state index is 0.101. The van der Waals surface area contributed by atoms with Crippen molar-refractivity contribution >= 4 is 35.8 Å².